The van der Waals surface area contributed by atoms with Crippen LogP contribution in [0, 0.1) is 0 Å². The first kappa shape index (κ1) is 12.2. The van der Waals surface area contributed by atoms with E-state index in [1.54, 1.807) is 35.2 Å². The van der Waals surface area contributed by atoms with Crippen molar-refractivity contribution in [1.29, 1.82) is 0 Å². The average Bonchev–Trinajstić information content (AvgIpc) is 2.89. The van der Waals surface area contributed by atoms with Gasteiger partial charge in [-0.2, -0.15) is 0 Å². The van der Waals surface area contributed by atoms with Crippen molar-refractivity contribution in [2.75, 3.05) is 7.11 Å². The Labute approximate surface area is 109 Å². The van der Waals surface area contributed by atoms with Gasteiger partial charge in [-0.25, -0.2) is 4.79 Å². The number of thioether (sulfide) groups is 1. The molecule has 17 heavy (non-hydrogen) atoms. The Morgan fingerprint density at radius 2 is 2.06 bits per heavy atom. The van der Waals surface area contributed by atoms with Crippen molar-refractivity contribution in [2.24, 2.45) is 0 Å². The number of methoxy groups -OCH3 is 1. The molecule has 88 valence electrons. The molecule has 0 amide bonds. The predicted octanol–water partition coefficient (Wildman–Crippen LogP) is 3.83. The number of esters is 1. The Kier molecular flexibility index (Phi) is 4.23. The second kappa shape index (κ2) is 5.89. The first-order valence-electron chi connectivity index (χ1n) is 5.13. The SMILES string of the molecule is COC(=O)c1ccc(CSc2cccs2)cc1. The Balaban J connectivity index is 1.96. The Hall–Kier alpha value is -1.26. The van der Waals surface area contributed by atoms with Crippen LogP contribution in [0.15, 0.2) is 46.0 Å². The Morgan fingerprint density at radius 3 is 2.65 bits per heavy atom. The van der Waals surface area contributed by atoms with Crippen LogP contribution in [-0.2, 0) is 10.5 Å². The lowest BCUT2D eigenvalue weighted by atomic mass is 10.1. The van der Waals surface area contributed by atoms with Gasteiger partial charge in [0, 0.05) is 5.75 Å². The summed E-state index contributed by atoms with van der Waals surface area (Å²) in [5.41, 5.74) is 1.80. The van der Waals surface area contributed by atoms with Crippen LogP contribution in [0.4, 0.5) is 0 Å². The fourth-order valence-electron chi connectivity index (χ4n) is 1.35. The quantitative estimate of drug-likeness (QED) is 0.620. The summed E-state index contributed by atoms with van der Waals surface area (Å²) in [5, 5.41) is 2.07. The molecule has 1 aromatic heterocycles. The number of hydrogen-bond donors (Lipinski definition) is 0. The second-order valence-corrected chi connectivity index (χ2v) is 5.63. The highest BCUT2D eigenvalue weighted by atomic mass is 32.2. The normalized spacial score (nSPS) is 10.2. The summed E-state index contributed by atoms with van der Waals surface area (Å²) in [6.07, 6.45) is 0. The summed E-state index contributed by atoms with van der Waals surface area (Å²) in [5.74, 6) is 0.629. The van der Waals surface area contributed by atoms with Crippen LogP contribution in [0.2, 0.25) is 0 Å². The third kappa shape index (κ3) is 3.35. The molecule has 0 aliphatic carbocycles. The largest absolute Gasteiger partial charge is 0.465 e. The van der Waals surface area contributed by atoms with Crippen LogP contribution in [0.25, 0.3) is 0 Å². The average molecular weight is 264 g/mol. The summed E-state index contributed by atoms with van der Waals surface area (Å²) < 4.78 is 5.96. The van der Waals surface area contributed by atoms with E-state index in [1.807, 2.05) is 18.2 Å². The van der Waals surface area contributed by atoms with Gasteiger partial charge in [0.1, 0.15) is 0 Å². The van der Waals surface area contributed by atoms with Crippen molar-refractivity contribution in [3.63, 3.8) is 0 Å². The maximum absolute atomic E-state index is 11.2. The lowest BCUT2D eigenvalue weighted by Gasteiger charge is -2.02. The highest BCUT2D eigenvalue weighted by Crippen LogP contribution is 2.26. The highest BCUT2D eigenvalue weighted by molar-refractivity contribution is 8.00. The van der Waals surface area contributed by atoms with E-state index in [2.05, 4.69) is 16.2 Å². The topological polar surface area (TPSA) is 26.3 Å². The van der Waals surface area contributed by atoms with Gasteiger partial charge in [-0.05, 0) is 29.1 Å². The van der Waals surface area contributed by atoms with Gasteiger partial charge in [0.2, 0.25) is 0 Å². The van der Waals surface area contributed by atoms with Crippen molar-refractivity contribution in [1.82, 2.24) is 0 Å². The zero-order chi connectivity index (χ0) is 12.1. The highest BCUT2D eigenvalue weighted by Gasteiger charge is 2.04. The number of carbonyl (C=O) groups is 1. The van der Waals surface area contributed by atoms with Gasteiger partial charge >= 0.3 is 5.97 Å². The van der Waals surface area contributed by atoms with Crippen LogP contribution >= 0.6 is 23.1 Å². The Bertz CT molecular complexity index is 475. The molecular formula is C13H12O2S2. The molecule has 0 aliphatic rings. The predicted molar refractivity (Wildman–Crippen MR) is 71.7 cm³/mol. The molecule has 0 atom stereocenters. The zero-order valence-corrected chi connectivity index (χ0v) is 11.0. The van der Waals surface area contributed by atoms with E-state index < -0.39 is 0 Å². The third-order valence-corrected chi connectivity index (χ3v) is 4.45. The lowest BCUT2D eigenvalue weighted by molar-refractivity contribution is 0.0601. The fourth-order valence-corrected chi connectivity index (χ4v) is 3.10. The molecule has 1 heterocycles. The molecule has 0 saturated heterocycles. The van der Waals surface area contributed by atoms with E-state index in [0.29, 0.717) is 5.56 Å². The number of carbonyl (C=O) groups excluding carboxylic acids is 1. The van der Waals surface area contributed by atoms with Crippen molar-refractivity contribution >= 4 is 29.1 Å². The van der Waals surface area contributed by atoms with Gasteiger partial charge in [-0.1, -0.05) is 18.2 Å². The Morgan fingerprint density at radius 1 is 1.29 bits per heavy atom. The molecule has 0 aliphatic heterocycles. The maximum Gasteiger partial charge on any atom is 0.337 e. The molecular weight excluding hydrogens is 252 g/mol. The summed E-state index contributed by atoms with van der Waals surface area (Å²) in [4.78, 5) is 11.2. The molecule has 0 N–H and O–H groups in total. The van der Waals surface area contributed by atoms with Gasteiger partial charge in [-0.15, -0.1) is 23.1 Å². The number of thiophene rings is 1. The molecule has 0 unspecified atom stereocenters. The molecule has 2 nitrogen and oxygen atoms in total. The molecule has 0 fully saturated rings. The number of benzene rings is 1. The van der Waals surface area contributed by atoms with Gasteiger partial charge in [-0.3, -0.25) is 0 Å². The van der Waals surface area contributed by atoms with E-state index in [-0.39, 0.29) is 5.97 Å². The van der Waals surface area contributed by atoms with Gasteiger partial charge in [0.25, 0.3) is 0 Å². The second-order valence-electron chi connectivity index (χ2n) is 3.41. The molecule has 0 saturated carbocycles. The van der Waals surface area contributed by atoms with Gasteiger partial charge in [0.15, 0.2) is 0 Å². The number of ether oxygens (including phenoxy) is 1. The van der Waals surface area contributed by atoms with Gasteiger partial charge < -0.3 is 4.74 Å². The van der Waals surface area contributed by atoms with E-state index in [4.69, 9.17) is 0 Å². The van der Waals surface area contributed by atoms with Crippen LogP contribution in [-0.4, -0.2) is 13.1 Å². The standard InChI is InChI=1S/C13H12O2S2/c1-15-13(14)11-6-4-10(5-7-11)9-17-12-3-2-8-16-12/h2-8H,9H2,1H3. The minimum Gasteiger partial charge on any atom is -0.465 e. The number of rotatable bonds is 4. The van der Waals surface area contributed by atoms with Crippen molar-refractivity contribution in [3.05, 3.63) is 52.9 Å². The maximum atomic E-state index is 11.2. The molecule has 0 radical (unpaired) electrons. The first-order chi connectivity index (χ1) is 8.29. The summed E-state index contributed by atoms with van der Waals surface area (Å²) in [6.45, 7) is 0. The smallest absolute Gasteiger partial charge is 0.337 e. The van der Waals surface area contributed by atoms with E-state index >= 15 is 0 Å². The minimum absolute atomic E-state index is 0.289. The summed E-state index contributed by atoms with van der Waals surface area (Å²) in [7, 11) is 1.39. The van der Waals surface area contributed by atoms with Crippen molar-refractivity contribution in [3.8, 4) is 0 Å². The summed E-state index contributed by atoms with van der Waals surface area (Å²) >= 11 is 3.55. The van der Waals surface area contributed by atoms with E-state index in [0.717, 1.165) is 5.75 Å². The van der Waals surface area contributed by atoms with E-state index in [9.17, 15) is 4.79 Å². The third-order valence-electron chi connectivity index (χ3n) is 2.25. The summed E-state index contributed by atoms with van der Waals surface area (Å²) in [6, 6.07) is 11.7. The molecule has 0 bridgehead atoms. The van der Waals surface area contributed by atoms with Crippen LogP contribution < -0.4 is 0 Å². The molecule has 1 aromatic carbocycles. The van der Waals surface area contributed by atoms with Crippen LogP contribution in [0.5, 0.6) is 0 Å². The first-order valence-corrected chi connectivity index (χ1v) is 6.99. The lowest BCUT2D eigenvalue weighted by Crippen LogP contribution is -2.00. The van der Waals surface area contributed by atoms with Crippen molar-refractivity contribution in [2.45, 2.75) is 9.96 Å². The molecule has 2 rings (SSSR count). The zero-order valence-electron chi connectivity index (χ0n) is 9.38. The van der Waals surface area contributed by atoms with Crippen LogP contribution in [0.1, 0.15) is 15.9 Å². The number of hydrogen-bond acceptors (Lipinski definition) is 4. The molecule has 0 spiro atoms. The van der Waals surface area contributed by atoms with Crippen molar-refractivity contribution < 1.29 is 9.53 Å². The van der Waals surface area contributed by atoms with Gasteiger partial charge in [0.05, 0.1) is 16.9 Å². The molecule has 4 heteroatoms. The fraction of sp³-hybridized carbons (Fsp3) is 0.154. The minimum atomic E-state index is -0.289. The molecule has 2 aromatic rings. The monoisotopic (exact) mass is 264 g/mol. The van der Waals surface area contributed by atoms with Crippen LogP contribution in [0.3, 0.4) is 0 Å². The van der Waals surface area contributed by atoms with E-state index in [1.165, 1.54) is 16.9 Å².